The lowest BCUT2D eigenvalue weighted by Crippen LogP contribution is -2.06. The van der Waals surface area contributed by atoms with Gasteiger partial charge in [-0.25, -0.2) is 18.6 Å². The molecule has 0 aliphatic heterocycles. The number of halogens is 4. The molecule has 0 saturated heterocycles. The number of hydrogen-bond donors (Lipinski definition) is 1. The van der Waals surface area contributed by atoms with Crippen LogP contribution in [0.3, 0.4) is 0 Å². The SMILES string of the molecule is O=C(O)c1cnc(F)c(Br)c1C(F)F. The molecule has 7 heteroatoms. The first-order valence-corrected chi connectivity index (χ1v) is 4.09. The van der Waals surface area contributed by atoms with Crippen LogP contribution in [0.5, 0.6) is 0 Å². The molecular weight excluding hydrogens is 267 g/mol. The molecule has 0 aromatic carbocycles. The first-order chi connectivity index (χ1) is 6.45. The minimum Gasteiger partial charge on any atom is -0.478 e. The highest BCUT2D eigenvalue weighted by Crippen LogP contribution is 2.31. The standard InChI is InChI=1S/C7H3BrF3NO2/c8-4-3(5(9)10)2(7(13)14)1-12-6(4)11/h1,5H,(H,13,14). The lowest BCUT2D eigenvalue weighted by Gasteiger charge is -2.06. The minimum absolute atomic E-state index is 0.559. The fourth-order valence-electron chi connectivity index (χ4n) is 0.861. The number of aromatic nitrogens is 1. The van der Waals surface area contributed by atoms with Gasteiger partial charge in [0, 0.05) is 6.20 Å². The Balaban J connectivity index is 3.45. The second kappa shape index (κ2) is 3.95. The zero-order valence-electron chi connectivity index (χ0n) is 6.47. The molecule has 3 nitrogen and oxygen atoms in total. The Morgan fingerprint density at radius 3 is 2.57 bits per heavy atom. The minimum atomic E-state index is -3.08. The maximum atomic E-state index is 12.7. The second-order valence-corrected chi connectivity index (χ2v) is 3.09. The fraction of sp³-hybridized carbons (Fsp3) is 0.143. The lowest BCUT2D eigenvalue weighted by molar-refractivity contribution is 0.0683. The van der Waals surface area contributed by atoms with Crippen molar-refractivity contribution in [2.45, 2.75) is 6.43 Å². The molecule has 0 bridgehead atoms. The monoisotopic (exact) mass is 269 g/mol. The van der Waals surface area contributed by atoms with Crippen LogP contribution in [-0.4, -0.2) is 16.1 Å². The van der Waals surface area contributed by atoms with Crippen molar-refractivity contribution < 1.29 is 23.1 Å². The van der Waals surface area contributed by atoms with Crippen molar-refractivity contribution in [1.82, 2.24) is 4.98 Å². The van der Waals surface area contributed by atoms with Crippen LogP contribution in [-0.2, 0) is 0 Å². The largest absolute Gasteiger partial charge is 0.478 e. The van der Waals surface area contributed by atoms with Gasteiger partial charge < -0.3 is 5.11 Å². The molecule has 0 fully saturated rings. The van der Waals surface area contributed by atoms with Crippen molar-refractivity contribution in [2.24, 2.45) is 0 Å². The van der Waals surface area contributed by atoms with E-state index in [4.69, 9.17) is 5.11 Å². The summed E-state index contributed by atoms with van der Waals surface area (Å²) >= 11 is 2.52. The van der Waals surface area contributed by atoms with E-state index in [2.05, 4.69) is 20.9 Å². The summed E-state index contributed by atoms with van der Waals surface area (Å²) in [6.45, 7) is 0. The molecule has 76 valence electrons. The quantitative estimate of drug-likeness (QED) is 0.840. The van der Waals surface area contributed by atoms with E-state index in [1.807, 2.05) is 0 Å². The Morgan fingerprint density at radius 2 is 2.14 bits per heavy atom. The number of carboxylic acids is 1. The van der Waals surface area contributed by atoms with Crippen LogP contribution < -0.4 is 0 Å². The van der Waals surface area contributed by atoms with E-state index in [9.17, 15) is 18.0 Å². The maximum absolute atomic E-state index is 12.7. The van der Waals surface area contributed by atoms with Gasteiger partial charge in [0.2, 0.25) is 5.95 Å². The molecule has 0 atom stereocenters. The molecule has 0 amide bonds. The van der Waals surface area contributed by atoms with Crippen LogP contribution in [0.25, 0.3) is 0 Å². The topological polar surface area (TPSA) is 50.2 Å². The number of rotatable bonds is 2. The van der Waals surface area contributed by atoms with Crippen molar-refractivity contribution in [3.8, 4) is 0 Å². The Bertz CT molecular complexity index is 383. The molecule has 0 unspecified atom stereocenters. The normalized spacial score (nSPS) is 10.6. The third-order valence-electron chi connectivity index (χ3n) is 1.46. The van der Waals surface area contributed by atoms with E-state index in [1.54, 1.807) is 0 Å². The van der Waals surface area contributed by atoms with E-state index in [0.29, 0.717) is 6.20 Å². The third-order valence-corrected chi connectivity index (χ3v) is 2.22. The Hall–Kier alpha value is -1.11. The zero-order chi connectivity index (χ0) is 10.9. The summed E-state index contributed by atoms with van der Waals surface area (Å²) < 4.78 is 36.8. The van der Waals surface area contributed by atoms with Crippen LogP contribution >= 0.6 is 15.9 Å². The van der Waals surface area contributed by atoms with E-state index >= 15 is 0 Å². The number of carbonyl (C=O) groups is 1. The Labute approximate surface area is 84.7 Å². The van der Waals surface area contributed by atoms with Gasteiger partial charge >= 0.3 is 5.97 Å². The highest BCUT2D eigenvalue weighted by atomic mass is 79.9. The van der Waals surface area contributed by atoms with Crippen LogP contribution in [0.4, 0.5) is 13.2 Å². The van der Waals surface area contributed by atoms with Gasteiger partial charge in [0.25, 0.3) is 6.43 Å². The average Bonchev–Trinajstić information content (AvgIpc) is 2.08. The highest BCUT2D eigenvalue weighted by Gasteiger charge is 2.24. The number of carboxylic acid groups (broad SMARTS) is 1. The number of aromatic carboxylic acids is 1. The van der Waals surface area contributed by atoms with Crippen molar-refractivity contribution in [3.05, 3.63) is 27.7 Å². The van der Waals surface area contributed by atoms with Crippen LogP contribution in [0.1, 0.15) is 22.3 Å². The molecule has 0 aliphatic carbocycles. The van der Waals surface area contributed by atoms with Gasteiger partial charge in [0.1, 0.15) is 0 Å². The maximum Gasteiger partial charge on any atom is 0.337 e. The summed E-state index contributed by atoms with van der Waals surface area (Å²) in [5, 5.41) is 8.51. The number of pyridine rings is 1. The van der Waals surface area contributed by atoms with Crippen LogP contribution in [0.2, 0.25) is 0 Å². The molecule has 0 spiro atoms. The van der Waals surface area contributed by atoms with Gasteiger partial charge in [-0.15, -0.1) is 0 Å². The molecule has 1 rings (SSSR count). The molecule has 14 heavy (non-hydrogen) atoms. The second-order valence-electron chi connectivity index (χ2n) is 2.30. The number of nitrogens with zero attached hydrogens (tertiary/aromatic N) is 1. The van der Waals surface area contributed by atoms with Crippen molar-refractivity contribution >= 4 is 21.9 Å². The summed E-state index contributed by atoms with van der Waals surface area (Å²) in [6.07, 6.45) is -2.52. The summed E-state index contributed by atoms with van der Waals surface area (Å²) in [5.74, 6) is -2.74. The van der Waals surface area contributed by atoms with Gasteiger partial charge in [-0.3, -0.25) is 0 Å². The Morgan fingerprint density at radius 1 is 1.57 bits per heavy atom. The van der Waals surface area contributed by atoms with E-state index in [0.717, 1.165) is 0 Å². The zero-order valence-corrected chi connectivity index (χ0v) is 8.06. The molecule has 0 aliphatic rings. The summed E-state index contributed by atoms with van der Waals surface area (Å²) in [7, 11) is 0. The smallest absolute Gasteiger partial charge is 0.337 e. The average molecular weight is 270 g/mol. The van der Waals surface area contributed by atoms with Gasteiger partial charge in [0.15, 0.2) is 0 Å². The lowest BCUT2D eigenvalue weighted by atomic mass is 10.1. The van der Waals surface area contributed by atoms with E-state index in [-0.39, 0.29) is 0 Å². The number of hydrogen-bond acceptors (Lipinski definition) is 2. The molecule has 1 N–H and O–H groups in total. The molecular formula is C7H3BrF3NO2. The molecule has 0 radical (unpaired) electrons. The fourth-order valence-corrected chi connectivity index (χ4v) is 1.35. The summed E-state index contributed by atoms with van der Waals surface area (Å²) in [4.78, 5) is 13.5. The van der Waals surface area contributed by atoms with Gasteiger partial charge in [-0.2, -0.15) is 4.39 Å². The van der Waals surface area contributed by atoms with Crippen molar-refractivity contribution in [2.75, 3.05) is 0 Å². The molecule has 0 saturated carbocycles. The van der Waals surface area contributed by atoms with Crippen LogP contribution in [0, 0.1) is 5.95 Å². The van der Waals surface area contributed by atoms with Gasteiger partial charge in [0.05, 0.1) is 15.6 Å². The molecule has 1 aromatic heterocycles. The first-order valence-electron chi connectivity index (χ1n) is 3.30. The van der Waals surface area contributed by atoms with Crippen molar-refractivity contribution in [3.63, 3.8) is 0 Å². The number of alkyl halides is 2. The van der Waals surface area contributed by atoms with Crippen molar-refractivity contribution in [1.29, 1.82) is 0 Å². The summed E-state index contributed by atoms with van der Waals surface area (Å²) in [5.41, 5.74) is -1.61. The molecule has 1 heterocycles. The van der Waals surface area contributed by atoms with Crippen LogP contribution in [0.15, 0.2) is 10.7 Å². The predicted octanol–water partition coefficient (Wildman–Crippen LogP) is 2.62. The predicted molar refractivity (Wildman–Crippen MR) is 43.8 cm³/mol. The van der Waals surface area contributed by atoms with Gasteiger partial charge in [-0.1, -0.05) is 0 Å². The molecule has 1 aromatic rings. The third kappa shape index (κ3) is 1.87. The first kappa shape index (κ1) is 11.0. The van der Waals surface area contributed by atoms with E-state index in [1.165, 1.54) is 0 Å². The van der Waals surface area contributed by atoms with Gasteiger partial charge in [-0.05, 0) is 15.9 Å². The summed E-state index contributed by atoms with van der Waals surface area (Å²) in [6, 6.07) is 0. The Kier molecular flexibility index (Phi) is 3.10. The highest BCUT2D eigenvalue weighted by molar-refractivity contribution is 9.10. The van der Waals surface area contributed by atoms with E-state index < -0.39 is 33.9 Å².